The molecule has 0 unspecified atom stereocenters. The van der Waals surface area contributed by atoms with Gasteiger partial charge in [0.2, 0.25) is 5.91 Å². The maximum Gasteiger partial charge on any atom is 0.225 e. The molecule has 0 spiro atoms. The van der Waals surface area contributed by atoms with Crippen molar-refractivity contribution in [1.29, 1.82) is 0 Å². The van der Waals surface area contributed by atoms with Crippen molar-refractivity contribution in [2.75, 3.05) is 0 Å². The summed E-state index contributed by atoms with van der Waals surface area (Å²) in [6.07, 6.45) is 0.887. The van der Waals surface area contributed by atoms with E-state index in [1.54, 1.807) is 11.3 Å². The normalized spacial score (nSPS) is 23.4. The Morgan fingerprint density at radius 2 is 1.92 bits per heavy atom. The van der Waals surface area contributed by atoms with E-state index < -0.39 is 17.6 Å². The molecule has 4 rings (SSSR count). The average Bonchev–Trinajstić information content (AvgIpc) is 3.08. The molecular weight excluding hydrogens is 344 g/mol. The predicted molar refractivity (Wildman–Crippen MR) is 90.2 cm³/mol. The number of carbonyl (C=O) groups excluding carboxylic acids is 2. The molecule has 128 valence electrons. The van der Waals surface area contributed by atoms with Gasteiger partial charge in [-0.05, 0) is 29.5 Å². The molecule has 0 fully saturated rings. The van der Waals surface area contributed by atoms with Crippen molar-refractivity contribution in [1.82, 2.24) is 5.32 Å². The highest BCUT2D eigenvalue weighted by Crippen LogP contribution is 2.43. The number of thiophene rings is 1. The number of amides is 1. The van der Waals surface area contributed by atoms with Crippen LogP contribution in [0.5, 0.6) is 0 Å². The Labute approximate surface area is 147 Å². The van der Waals surface area contributed by atoms with Gasteiger partial charge in [-0.1, -0.05) is 12.1 Å². The molecule has 1 aromatic carbocycles. The number of hydrogen-bond acceptors (Lipinski definition) is 3. The lowest BCUT2D eigenvalue weighted by atomic mass is 9.74. The summed E-state index contributed by atoms with van der Waals surface area (Å²) in [6.45, 7) is 0. The number of carbonyl (C=O) groups is 2. The molecule has 0 saturated heterocycles. The lowest BCUT2D eigenvalue weighted by molar-refractivity contribution is -0.122. The molecule has 2 aliphatic rings. The van der Waals surface area contributed by atoms with Gasteiger partial charge >= 0.3 is 0 Å². The molecule has 2 heterocycles. The SMILES string of the molecule is O=C1C[C@@H](c2ccc(F)cc2F)C2=C(C[C@H](c3cccs3)CC2=O)N1. The Morgan fingerprint density at radius 1 is 1.08 bits per heavy atom. The Balaban J connectivity index is 1.76. The van der Waals surface area contributed by atoms with Gasteiger partial charge in [-0.25, -0.2) is 8.78 Å². The van der Waals surface area contributed by atoms with Gasteiger partial charge in [-0.15, -0.1) is 11.3 Å². The van der Waals surface area contributed by atoms with Crippen LogP contribution in [0.15, 0.2) is 47.0 Å². The van der Waals surface area contributed by atoms with E-state index in [0.717, 1.165) is 17.0 Å². The highest BCUT2D eigenvalue weighted by atomic mass is 32.1. The molecule has 1 aliphatic carbocycles. The first-order valence-corrected chi connectivity index (χ1v) is 8.95. The number of hydrogen-bond donors (Lipinski definition) is 1. The summed E-state index contributed by atoms with van der Waals surface area (Å²) in [4.78, 5) is 26.0. The van der Waals surface area contributed by atoms with E-state index in [-0.39, 0.29) is 29.6 Å². The Bertz CT molecular complexity index is 889. The third kappa shape index (κ3) is 2.91. The summed E-state index contributed by atoms with van der Waals surface area (Å²) in [5.41, 5.74) is 1.25. The van der Waals surface area contributed by atoms with E-state index in [1.165, 1.54) is 6.07 Å². The predicted octanol–water partition coefficient (Wildman–Crippen LogP) is 4.03. The zero-order valence-electron chi connectivity index (χ0n) is 13.2. The van der Waals surface area contributed by atoms with E-state index in [9.17, 15) is 18.4 Å². The summed E-state index contributed by atoms with van der Waals surface area (Å²) in [5, 5.41) is 4.76. The second kappa shape index (κ2) is 6.19. The lowest BCUT2D eigenvalue weighted by Crippen LogP contribution is -2.38. The van der Waals surface area contributed by atoms with Crippen molar-refractivity contribution >= 4 is 23.0 Å². The summed E-state index contributed by atoms with van der Waals surface area (Å²) in [5.74, 6) is -2.34. The minimum atomic E-state index is -0.722. The standard InChI is InChI=1S/C19H15F2NO2S/c20-11-3-4-12(14(21)8-11)13-9-18(24)22-15-6-10(7-16(23)19(13)15)17-2-1-5-25-17/h1-5,8,10,13H,6-7,9H2,(H,22,24)/t10-,13-/m0/s1. The number of halogens is 2. The fourth-order valence-corrected chi connectivity index (χ4v) is 4.57. The molecule has 1 aromatic heterocycles. The van der Waals surface area contributed by atoms with Crippen LogP contribution in [0.4, 0.5) is 8.78 Å². The van der Waals surface area contributed by atoms with Crippen molar-refractivity contribution in [3.05, 3.63) is 69.1 Å². The molecule has 25 heavy (non-hydrogen) atoms. The van der Waals surface area contributed by atoms with E-state index in [0.29, 0.717) is 24.1 Å². The molecule has 2 aromatic rings. The van der Waals surface area contributed by atoms with Crippen LogP contribution in [0.1, 0.15) is 41.5 Å². The van der Waals surface area contributed by atoms with Crippen LogP contribution in [0, 0.1) is 11.6 Å². The molecule has 1 amide bonds. The number of benzene rings is 1. The van der Waals surface area contributed by atoms with Gasteiger partial charge in [0, 0.05) is 46.9 Å². The fraction of sp³-hybridized carbons (Fsp3) is 0.263. The van der Waals surface area contributed by atoms with E-state index in [2.05, 4.69) is 5.32 Å². The zero-order chi connectivity index (χ0) is 17.6. The minimum absolute atomic E-state index is 0.00318. The molecular formula is C19H15F2NO2S. The van der Waals surface area contributed by atoms with Crippen molar-refractivity contribution in [2.45, 2.75) is 31.1 Å². The van der Waals surface area contributed by atoms with Gasteiger partial charge in [0.1, 0.15) is 11.6 Å². The second-order valence-electron chi connectivity index (χ2n) is 6.41. The van der Waals surface area contributed by atoms with Crippen LogP contribution >= 0.6 is 11.3 Å². The van der Waals surface area contributed by atoms with Gasteiger partial charge < -0.3 is 5.32 Å². The summed E-state index contributed by atoms with van der Waals surface area (Å²) >= 11 is 1.58. The summed E-state index contributed by atoms with van der Waals surface area (Å²) in [6, 6.07) is 7.20. The van der Waals surface area contributed by atoms with E-state index >= 15 is 0 Å². The Kier molecular flexibility index (Phi) is 4.00. The monoisotopic (exact) mass is 359 g/mol. The van der Waals surface area contributed by atoms with Crippen LogP contribution in [-0.4, -0.2) is 11.7 Å². The van der Waals surface area contributed by atoms with Gasteiger partial charge in [0.15, 0.2) is 5.78 Å². The maximum atomic E-state index is 14.2. The number of nitrogens with one attached hydrogen (secondary N) is 1. The van der Waals surface area contributed by atoms with Crippen LogP contribution in [-0.2, 0) is 9.59 Å². The lowest BCUT2D eigenvalue weighted by Gasteiger charge is -2.34. The molecule has 1 N–H and O–H groups in total. The molecule has 0 radical (unpaired) electrons. The van der Waals surface area contributed by atoms with E-state index in [1.807, 2.05) is 17.5 Å². The summed E-state index contributed by atoms with van der Waals surface area (Å²) < 4.78 is 27.5. The Hall–Kier alpha value is -2.34. The number of allylic oxidation sites excluding steroid dienone is 2. The van der Waals surface area contributed by atoms with Gasteiger partial charge in [-0.3, -0.25) is 9.59 Å². The fourth-order valence-electron chi connectivity index (χ4n) is 3.73. The van der Waals surface area contributed by atoms with Crippen molar-refractivity contribution in [2.24, 2.45) is 0 Å². The van der Waals surface area contributed by atoms with Crippen LogP contribution < -0.4 is 5.32 Å². The topological polar surface area (TPSA) is 46.2 Å². The van der Waals surface area contributed by atoms with Gasteiger partial charge in [0.05, 0.1) is 0 Å². The quantitative estimate of drug-likeness (QED) is 0.880. The highest BCUT2D eigenvalue weighted by Gasteiger charge is 2.39. The number of rotatable bonds is 2. The van der Waals surface area contributed by atoms with Crippen LogP contribution in [0.2, 0.25) is 0 Å². The average molecular weight is 359 g/mol. The zero-order valence-corrected chi connectivity index (χ0v) is 14.0. The first-order valence-electron chi connectivity index (χ1n) is 8.07. The van der Waals surface area contributed by atoms with Crippen molar-refractivity contribution in [3.63, 3.8) is 0 Å². The molecule has 1 aliphatic heterocycles. The van der Waals surface area contributed by atoms with Crippen LogP contribution in [0.3, 0.4) is 0 Å². The molecule has 0 bridgehead atoms. The first kappa shape index (κ1) is 16.1. The highest BCUT2D eigenvalue weighted by molar-refractivity contribution is 7.10. The van der Waals surface area contributed by atoms with Crippen molar-refractivity contribution in [3.8, 4) is 0 Å². The van der Waals surface area contributed by atoms with Gasteiger partial charge in [0.25, 0.3) is 0 Å². The van der Waals surface area contributed by atoms with Gasteiger partial charge in [-0.2, -0.15) is 0 Å². The maximum absolute atomic E-state index is 14.2. The molecule has 3 nitrogen and oxygen atoms in total. The molecule has 6 heteroatoms. The van der Waals surface area contributed by atoms with Crippen LogP contribution in [0.25, 0.3) is 0 Å². The third-order valence-electron chi connectivity index (χ3n) is 4.82. The molecule has 0 saturated carbocycles. The Morgan fingerprint density at radius 3 is 2.64 bits per heavy atom. The first-order chi connectivity index (χ1) is 12.0. The second-order valence-corrected chi connectivity index (χ2v) is 7.39. The van der Waals surface area contributed by atoms with Crippen molar-refractivity contribution < 1.29 is 18.4 Å². The largest absolute Gasteiger partial charge is 0.329 e. The number of ketones is 1. The third-order valence-corrected chi connectivity index (χ3v) is 5.85. The summed E-state index contributed by atoms with van der Waals surface area (Å²) in [7, 11) is 0. The minimum Gasteiger partial charge on any atom is -0.329 e. The molecule has 2 atom stereocenters. The number of Topliss-reactive ketones (excluding diaryl/α,β-unsaturated/α-hetero) is 1. The smallest absolute Gasteiger partial charge is 0.225 e. The van der Waals surface area contributed by atoms with E-state index in [4.69, 9.17) is 0 Å².